The van der Waals surface area contributed by atoms with Gasteiger partial charge in [0.1, 0.15) is 17.3 Å². The highest BCUT2D eigenvalue weighted by atomic mass is 19.1. The van der Waals surface area contributed by atoms with E-state index in [0.29, 0.717) is 67.8 Å². The SMILES string of the molecule is COc1cc(F)ccc1-c1cc(C2=CCCN(C(=O)CCn3ccnn3)C2)c(F)c2[nH]c(C(=O)N3CCN(c4ncccc4OC4CC4)CC3)cc12. The molecule has 2 aromatic carbocycles. The number of carbonyl (C=O) groups excluding carboxylic acids is 2. The van der Waals surface area contributed by atoms with Gasteiger partial charge >= 0.3 is 0 Å². The summed E-state index contributed by atoms with van der Waals surface area (Å²) < 4.78 is 44.3. The monoisotopic (exact) mass is 708 g/mol. The summed E-state index contributed by atoms with van der Waals surface area (Å²) >= 11 is 0. The number of nitrogens with zero attached hydrogens (tertiary/aromatic N) is 7. The number of carbonyl (C=O) groups is 2. The Morgan fingerprint density at radius 3 is 2.56 bits per heavy atom. The van der Waals surface area contributed by atoms with Crippen LogP contribution in [0.25, 0.3) is 27.6 Å². The van der Waals surface area contributed by atoms with E-state index in [9.17, 15) is 14.0 Å². The number of hydrogen-bond acceptors (Lipinski definition) is 8. The van der Waals surface area contributed by atoms with Gasteiger partial charge in [-0.25, -0.2) is 13.8 Å². The van der Waals surface area contributed by atoms with Gasteiger partial charge in [0.2, 0.25) is 5.91 Å². The van der Waals surface area contributed by atoms with Gasteiger partial charge in [0, 0.05) is 80.7 Å². The summed E-state index contributed by atoms with van der Waals surface area (Å²) in [5.41, 5.74) is 2.42. The Labute approximate surface area is 298 Å². The molecule has 0 bridgehead atoms. The number of benzene rings is 2. The van der Waals surface area contributed by atoms with Gasteiger partial charge in [-0.3, -0.25) is 14.3 Å². The molecular weight excluding hydrogens is 670 g/mol. The Morgan fingerprint density at radius 2 is 1.79 bits per heavy atom. The summed E-state index contributed by atoms with van der Waals surface area (Å²) in [5, 5.41) is 8.18. The number of halogens is 2. The molecule has 3 aliphatic rings. The lowest BCUT2D eigenvalue weighted by molar-refractivity contribution is -0.131. The van der Waals surface area contributed by atoms with Crippen molar-refractivity contribution in [2.45, 2.75) is 38.3 Å². The number of aryl methyl sites for hydroxylation is 1. The predicted octanol–water partition coefficient (Wildman–Crippen LogP) is 5.32. The number of pyridine rings is 1. The topological polar surface area (TPSA) is 122 Å². The smallest absolute Gasteiger partial charge is 0.270 e. The van der Waals surface area contributed by atoms with Crippen molar-refractivity contribution in [2.24, 2.45) is 0 Å². The van der Waals surface area contributed by atoms with Gasteiger partial charge in [-0.2, -0.15) is 0 Å². The summed E-state index contributed by atoms with van der Waals surface area (Å²) in [6.45, 7) is 3.09. The predicted molar refractivity (Wildman–Crippen MR) is 190 cm³/mol. The minimum absolute atomic E-state index is 0.0782. The quantitative estimate of drug-likeness (QED) is 0.207. The molecule has 8 rings (SSSR count). The van der Waals surface area contributed by atoms with E-state index >= 15 is 4.39 Å². The molecule has 0 atom stereocenters. The molecule has 2 fully saturated rings. The molecule has 1 N–H and O–H groups in total. The fourth-order valence-corrected chi connectivity index (χ4v) is 6.96. The molecule has 0 spiro atoms. The number of amides is 2. The summed E-state index contributed by atoms with van der Waals surface area (Å²) in [7, 11) is 1.45. The third-order valence-electron chi connectivity index (χ3n) is 9.85. The molecule has 1 saturated heterocycles. The fourth-order valence-electron chi connectivity index (χ4n) is 6.96. The zero-order chi connectivity index (χ0) is 35.8. The van der Waals surface area contributed by atoms with E-state index in [-0.39, 0.29) is 53.4 Å². The highest BCUT2D eigenvalue weighted by Gasteiger charge is 2.30. The summed E-state index contributed by atoms with van der Waals surface area (Å²) in [4.78, 5) is 40.4. The van der Waals surface area contributed by atoms with Crippen molar-refractivity contribution >= 4 is 34.1 Å². The van der Waals surface area contributed by atoms with Gasteiger partial charge < -0.3 is 29.2 Å². The molecule has 12 nitrogen and oxygen atoms in total. The number of anilines is 1. The summed E-state index contributed by atoms with van der Waals surface area (Å²) in [6, 6.07) is 11.3. The molecule has 1 saturated carbocycles. The Balaban J connectivity index is 1.08. The second-order valence-electron chi connectivity index (χ2n) is 13.3. The molecule has 1 aliphatic carbocycles. The van der Waals surface area contributed by atoms with Crippen LogP contribution >= 0.6 is 0 Å². The molecule has 5 aromatic rings. The van der Waals surface area contributed by atoms with Gasteiger partial charge in [-0.15, -0.1) is 5.10 Å². The maximum atomic E-state index is 16.7. The minimum atomic E-state index is -0.537. The van der Waals surface area contributed by atoms with Crippen molar-refractivity contribution in [3.05, 3.63) is 90.0 Å². The number of methoxy groups -OCH3 is 1. The van der Waals surface area contributed by atoms with Crippen LogP contribution < -0.4 is 14.4 Å². The Hall–Kier alpha value is -5.79. The maximum Gasteiger partial charge on any atom is 0.270 e. The first-order valence-corrected chi connectivity index (χ1v) is 17.5. The maximum absolute atomic E-state index is 16.7. The lowest BCUT2D eigenvalue weighted by Gasteiger charge is -2.35. The van der Waals surface area contributed by atoms with E-state index in [1.807, 2.05) is 18.2 Å². The lowest BCUT2D eigenvalue weighted by Crippen LogP contribution is -2.49. The van der Waals surface area contributed by atoms with Gasteiger partial charge in [0.25, 0.3) is 5.91 Å². The normalized spacial score (nSPS) is 16.3. The van der Waals surface area contributed by atoms with Crippen LogP contribution in [0.15, 0.2) is 67.1 Å². The van der Waals surface area contributed by atoms with Crippen molar-refractivity contribution < 1.29 is 27.8 Å². The molecular formula is C38H38F2N8O4. The van der Waals surface area contributed by atoms with Crippen LogP contribution in [0.2, 0.25) is 0 Å². The molecule has 0 unspecified atom stereocenters. The minimum Gasteiger partial charge on any atom is -0.496 e. The first kappa shape index (κ1) is 33.4. The number of nitrogens with one attached hydrogen (secondary N) is 1. The second kappa shape index (κ2) is 14.1. The third kappa shape index (κ3) is 6.67. The van der Waals surface area contributed by atoms with Crippen LogP contribution in [0.3, 0.4) is 0 Å². The first-order chi connectivity index (χ1) is 25.4. The van der Waals surface area contributed by atoms with Gasteiger partial charge in [-0.05, 0) is 66.8 Å². The highest BCUT2D eigenvalue weighted by molar-refractivity contribution is 6.05. The van der Waals surface area contributed by atoms with Crippen LogP contribution in [0.1, 0.15) is 41.7 Å². The number of hydrogen-bond donors (Lipinski definition) is 1. The van der Waals surface area contributed by atoms with Crippen LogP contribution in [0.4, 0.5) is 14.6 Å². The summed E-state index contributed by atoms with van der Waals surface area (Å²) in [6.07, 6.45) is 10.0. The average Bonchev–Trinajstić information content (AvgIpc) is 3.62. The van der Waals surface area contributed by atoms with E-state index < -0.39 is 11.6 Å². The molecule has 3 aromatic heterocycles. The average molecular weight is 709 g/mol. The standard InChI is InChI=1S/C38H38F2N8O4/c1-51-33-20-25(39)6-9-27(33)29-21-28(24-4-3-13-47(23-24)34(49)10-14-48-15-12-42-44-48)35(40)36-30(29)22-31(43-36)38(50)46-18-16-45(17-19-46)37-32(5-2-11-41-37)52-26-7-8-26/h2,4-6,9,11-12,15,20-22,26,43H,3,7-8,10,13-14,16-19,23H2,1H3. The highest BCUT2D eigenvalue weighted by Crippen LogP contribution is 2.41. The van der Waals surface area contributed by atoms with Crippen LogP contribution in [-0.2, 0) is 11.3 Å². The molecule has 268 valence electrons. The van der Waals surface area contributed by atoms with Crippen LogP contribution in [-0.4, -0.2) is 99.1 Å². The van der Waals surface area contributed by atoms with E-state index in [1.54, 1.807) is 51.3 Å². The van der Waals surface area contributed by atoms with Crippen molar-refractivity contribution in [1.29, 1.82) is 0 Å². The third-order valence-corrected chi connectivity index (χ3v) is 9.85. The molecule has 5 heterocycles. The molecule has 2 aliphatic heterocycles. The van der Waals surface area contributed by atoms with Gasteiger partial charge in [-0.1, -0.05) is 11.3 Å². The van der Waals surface area contributed by atoms with Gasteiger partial charge in [0.15, 0.2) is 17.4 Å². The van der Waals surface area contributed by atoms with Crippen LogP contribution in [0, 0.1) is 11.6 Å². The van der Waals surface area contributed by atoms with Gasteiger partial charge in [0.05, 0.1) is 31.5 Å². The van der Waals surface area contributed by atoms with Crippen molar-refractivity contribution in [2.75, 3.05) is 51.3 Å². The van der Waals surface area contributed by atoms with E-state index in [1.165, 1.54) is 19.2 Å². The molecule has 0 radical (unpaired) electrons. The zero-order valence-corrected chi connectivity index (χ0v) is 28.7. The fraction of sp³-hybridized carbons (Fsp3) is 0.342. The number of aromatic nitrogens is 5. The van der Waals surface area contributed by atoms with E-state index in [0.717, 1.165) is 24.4 Å². The number of fused-ring (bicyclic) bond motifs is 1. The number of aromatic amines is 1. The molecule has 14 heteroatoms. The van der Waals surface area contributed by atoms with Crippen LogP contribution in [0.5, 0.6) is 11.5 Å². The number of ether oxygens (including phenoxy) is 2. The van der Waals surface area contributed by atoms with Crippen molar-refractivity contribution in [3.8, 4) is 22.6 Å². The van der Waals surface area contributed by atoms with E-state index in [2.05, 4.69) is 25.2 Å². The number of piperazine rings is 1. The largest absolute Gasteiger partial charge is 0.496 e. The Bertz CT molecular complexity index is 2160. The Morgan fingerprint density at radius 1 is 0.942 bits per heavy atom. The second-order valence-corrected chi connectivity index (χ2v) is 13.3. The summed E-state index contributed by atoms with van der Waals surface area (Å²) in [5.74, 6) is 0.442. The molecule has 2 amide bonds. The first-order valence-electron chi connectivity index (χ1n) is 17.5. The van der Waals surface area contributed by atoms with Crippen molar-refractivity contribution in [1.82, 2.24) is 34.8 Å². The zero-order valence-electron chi connectivity index (χ0n) is 28.7. The number of rotatable bonds is 10. The van der Waals surface area contributed by atoms with E-state index in [4.69, 9.17) is 9.47 Å². The Kier molecular flexibility index (Phi) is 9.04. The molecule has 52 heavy (non-hydrogen) atoms. The van der Waals surface area contributed by atoms with Crippen molar-refractivity contribution in [3.63, 3.8) is 0 Å². The lowest BCUT2D eigenvalue weighted by atomic mass is 9.92. The number of H-pyrrole nitrogens is 1.